The molecule has 0 aliphatic carbocycles. The first kappa shape index (κ1) is 17.6. The number of morpholine rings is 1. The molecule has 2 aliphatic heterocycles. The molecule has 24 heavy (non-hydrogen) atoms. The summed E-state index contributed by atoms with van der Waals surface area (Å²) in [5.41, 5.74) is 1.59. The van der Waals surface area contributed by atoms with E-state index in [9.17, 15) is 4.79 Å². The van der Waals surface area contributed by atoms with E-state index in [-0.39, 0.29) is 11.3 Å². The van der Waals surface area contributed by atoms with Crippen molar-refractivity contribution in [2.24, 2.45) is 11.3 Å². The molecule has 0 amide bonds. The first-order valence-electron chi connectivity index (χ1n) is 9.32. The van der Waals surface area contributed by atoms with Gasteiger partial charge in [0, 0.05) is 31.0 Å². The number of carbonyl (C=O) groups is 1. The molecule has 132 valence electrons. The summed E-state index contributed by atoms with van der Waals surface area (Å²) in [5.74, 6) is 0.708. The molecule has 0 aromatic heterocycles. The highest BCUT2D eigenvalue weighted by Crippen LogP contribution is 2.34. The number of hydrogen-bond acceptors (Lipinski definition) is 3. The van der Waals surface area contributed by atoms with Gasteiger partial charge in [0.25, 0.3) is 0 Å². The molecule has 2 saturated heterocycles. The molecule has 2 fully saturated rings. The minimum atomic E-state index is 0.235. The highest BCUT2D eigenvalue weighted by molar-refractivity contribution is 5.81. The fourth-order valence-electron chi connectivity index (χ4n) is 4.01. The van der Waals surface area contributed by atoms with Crippen LogP contribution in [0.15, 0.2) is 30.3 Å². The lowest BCUT2D eigenvalue weighted by Gasteiger charge is -2.48. The smallest absolute Gasteiger partial charge is 0.136 e. The van der Waals surface area contributed by atoms with E-state index in [0.29, 0.717) is 17.9 Å². The Kier molecular flexibility index (Phi) is 5.41. The highest BCUT2D eigenvalue weighted by Gasteiger charge is 2.41. The van der Waals surface area contributed by atoms with Gasteiger partial charge in [-0.1, -0.05) is 51.1 Å². The van der Waals surface area contributed by atoms with E-state index in [1.807, 2.05) is 0 Å². The van der Waals surface area contributed by atoms with E-state index in [1.54, 1.807) is 0 Å². The number of benzene rings is 1. The Bertz CT molecular complexity index is 535. The van der Waals surface area contributed by atoms with Crippen LogP contribution in [0.2, 0.25) is 0 Å². The van der Waals surface area contributed by atoms with E-state index in [2.05, 4.69) is 56.0 Å². The minimum Gasteiger partial charge on any atom is -0.378 e. The lowest BCUT2D eigenvalue weighted by molar-refractivity contribution is -0.134. The average molecular weight is 329 g/mol. The summed E-state index contributed by atoms with van der Waals surface area (Å²) in [4.78, 5) is 15.3. The van der Waals surface area contributed by atoms with Crippen LogP contribution in [0.3, 0.4) is 0 Å². The van der Waals surface area contributed by atoms with Gasteiger partial charge in [-0.05, 0) is 30.2 Å². The zero-order chi connectivity index (χ0) is 17.2. The van der Waals surface area contributed by atoms with E-state index < -0.39 is 0 Å². The molecule has 0 saturated carbocycles. The highest BCUT2D eigenvalue weighted by atomic mass is 16.5. The number of fused-ring (bicyclic) bond motifs is 2. The fraction of sp³-hybridized carbons (Fsp3) is 0.667. The Morgan fingerprint density at radius 1 is 1.12 bits per heavy atom. The van der Waals surface area contributed by atoms with Crippen LogP contribution >= 0.6 is 0 Å². The molecular weight excluding hydrogens is 298 g/mol. The summed E-state index contributed by atoms with van der Waals surface area (Å²) in [6, 6.07) is 11.4. The molecule has 3 nitrogen and oxygen atoms in total. The number of carbonyl (C=O) groups excluding carboxylic acids is 1. The zero-order valence-electron chi connectivity index (χ0n) is 15.3. The van der Waals surface area contributed by atoms with Crippen LogP contribution in [0.25, 0.3) is 0 Å². The largest absolute Gasteiger partial charge is 0.378 e. The van der Waals surface area contributed by atoms with Gasteiger partial charge in [-0.15, -0.1) is 0 Å². The maximum atomic E-state index is 12.7. The number of ether oxygens (including phenoxy) is 1. The number of piperidine rings is 1. The van der Waals surface area contributed by atoms with E-state index in [1.165, 1.54) is 5.56 Å². The molecule has 0 N–H and O–H groups in total. The lowest BCUT2D eigenvalue weighted by atomic mass is 9.79. The summed E-state index contributed by atoms with van der Waals surface area (Å²) >= 11 is 0. The Labute approximate surface area is 146 Å². The predicted molar refractivity (Wildman–Crippen MR) is 96.8 cm³/mol. The standard InChI is InChI=1S/C21H31NO2/c1-21(2,3)10-9-20(23)17-11-18-14-24-15-19(12-17)22(18)13-16-7-5-4-6-8-16/h4-8,17-19H,9-15H2,1-3H3. The van der Waals surface area contributed by atoms with Gasteiger partial charge >= 0.3 is 0 Å². The summed E-state index contributed by atoms with van der Waals surface area (Å²) in [7, 11) is 0. The zero-order valence-corrected chi connectivity index (χ0v) is 15.3. The minimum absolute atomic E-state index is 0.235. The molecule has 1 aromatic carbocycles. The van der Waals surface area contributed by atoms with Crippen LogP contribution in [0.5, 0.6) is 0 Å². The maximum absolute atomic E-state index is 12.7. The average Bonchev–Trinajstić information content (AvgIpc) is 2.52. The van der Waals surface area contributed by atoms with Crippen LogP contribution in [0.4, 0.5) is 0 Å². The van der Waals surface area contributed by atoms with Gasteiger partial charge < -0.3 is 4.74 Å². The van der Waals surface area contributed by atoms with Crippen molar-refractivity contribution in [3.8, 4) is 0 Å². The van der Waals surface area contributed by atoms with Crippen LogP contribution in [-0.4, -0.2) is 36.0 Å². The van der Waals surface area contributed by atoms with Gasteiger partial charge in [0.05, 0.1) is 13.2 Å². The monoisotopic (exact) mass is 329 g/mol. The van der Waals surface area contributed by atoms with Crippen LogP contribution in [-0.2, 0) is 16.1 Å². The third-order valence-electron chi connectivity index (χ3n) is 5.46. The number of rotatable bonds is 5. The van der Waals surface area contributed by atoms with Crippen molar-refractivity contribution >= 4 is 5.78 Å². The SMILES string of the molecule is CC(C)(C)CCC(=O)C1CC2COCC(C1)N2Cc1ccccc1. The maximum Gasteiger partial charge on any atom is 0.136 e. The summed E-state index contributed by atoms with van der Waals surface area (Å²) in [5, 5.41) is 0. The predicted octanol–water partition coefficient (Wildman–Crippen LogP) is 4.06. The summed E-state index contributed by atoms with van der Waals surface area (Å²) in [6.07, 6.45) is 3.65. The van der Waals surface area contributed by atoms with E-state index >= 15 is 0 Å². The molecule has 1 aromatic rings. The van der Waals surface area contributed by atoms with Gasteiger partial charge in [-0.2, -0.15) is 0 Å². The van der Waals surface area contributed by atoms with Crippen molar-refractivity contribution in [2.75, 3.05) is 13.2 Å². The Morgan fingerprint density at radius 2 is 1.75 bits per heavy atom. The molecule has 2 heterocycles. The third-order valence-corrected chi connectivity index (χ3v) is 5.46. The Balaban J connectivity index is 1.62. The fourth-order valence-corrected chi connectivity index (χ4v) is 4.01. The van der Waals surface area contributed by atoms with Gasteiger partial charge in [0.1, 0.15) is 5.78 Å². The second kappa shape index (κ2) is 7.37. The van der Waals surface area contributed by atoms with Crippen molar-refractivity contribution in [3.63, 3.8) is 0 Å². The van der Waals surface area contributed by atoms with E-state index in [4.69, 9.17) is 4.74 Å². The molecule has 0 radical (unpaired) electrons. The molecule has 2 atom stereocenters. The van der Waals surface area contributed by atoms with Crippen molar-refractivity contribution in [2.45, 2.75) is 65.1 Å². The topological polar surface area (TPSA) is 29.5 Å². The molecular formula is C21H31NO2. The first-order valence-corrected chi connectivity index (χ1v) is 9.32. The van der Waals surface area contributed by atoms with Crippen molar-refractivity contribution in [1.29, 1.82) is 0 Å². The Hall–Kier alpha value is -1.19. The van der Waals surface area contributed by atoms with Gasteiger partial charge in [-0.25, -0.2) is 0 Å². The first-order chi connectivity index (χ1) is 11.4. The summed E-state index contributed by atoms with van der Waals surface area (Å²) in [6.45, 7) is 9.16. The van der Waals surface area contributed by atoms with Crippen LogP contribution < -0.4 is 0 Å². The Morgan fingerprint density at radius 3 is 2.33 bits per heavy atom. The second-order valence-corrected chi connectivity index (χ2v) is 8.70. The van der Waals surface area contributed by atoms with E-state index in [0.717, 1.165) is 45.4 Å². The number of ketones is 1. The van der Waals surface area contributed by atoms with Crippen LogP contribution in [0.1, 0.15) is 52.0 Å². The second-order valence-electron chi connectivity index (χ2n) is 8.70. The van der Waals surface area contributed by atoms with Gasteiger partial charge in [0.2, 0.25) is 0 Å². The molecule has 3 heteroatoms. The van der Waals surface area contributed by atoms with Crippen molar-refractivity contribution in [3.05, 3.63) is 35.9 Å². The van der Waals surface area contributed by atoms with Gasteiger partial charge in [0.15, 0.2) is 0 Å². The summed E-state index contributed by atoms with van der Waals surface area (Å²) < 4.78 is 5.79. The van der Waals surface area contributed by atoms with Crippen LogP contribution in [0, 0.1) is 11.3 Å². The molecule has 3 rings (SSSR count). The quantitative estimate of drug-likeness (QED) is 0.816. The number of nitrogens with zero attached hydrogens (tertiary/aromatic N) is 1. The third kappa shape index (κ3) is 4.46. The molecule has 0 spiro atoms. The van der Waals surface area contributed by atoms with Gasteiger partial charge in [-0.3, -0.25) is 9.69 Å². The lowest BCUT2D eigenvalue weighted by Crippen LogP contribution is -2.57. The number of hydrogen-bond donors (Lipinski definition) is 0. The normalized spacial score (nSPS) is 27.9. The molecule has 2 aliphatic rings. The number of Topliss-reactive ketones (excluding diaryl/α,β-unsaturated/α-hetero) is 1. The van der Waals surface area contributed by atoms with Crippen molar-refractivity contribution < 1.29 is 9.53 Å². The molecule has 2 bridgehead atoms. The molecule has 2 unspecified atom stereocenters. The van der Waals surface area contributed by atoms with Crippen molar-refractivity contribution in [1.82, 2.24) is 4.90 Å².